The first-order chi connectivity index (χ1) is 22.2. The zero-order valence-corrected chi connectivity index (χ0v) is 25.7. The van der Waals surface area contributed by atoms with Gasteiger partial charge in [-0.05, 0) is 100 Å². The minimum absolute atomic E-state index is 0.279. The Morgan fingerprint density at radius 1 is 0.511 bits per heavy atom. The summed E-state index contributed by atoms with van der Waals surface area (Å²) in [7, 11) is 0. The molecule has 6 aromatic carbocycles. The van der Waals surface area contributed by atoms with Crippen LogP contribution in [0, 0.1) is 13.8 Å². The van der Waals surface area contributed by atoms with Crippen molar-refractivity contribution in [2.75, 3.05) is 4.90 Å². The lowest BCUT2D eigenvalue weighted by atomic mass is 9.82. The third kappa shape index (κ3) is 4.82. The minimum Gasteiger partial charge on any atom is -0.309 e. The molecule has 45 heavy (non-hydrogen) atoms. The first-order valence-electron chi connectivity index (χ1n) is 15.9. The average molecular weight is 578 g/mol. The molecular formula is C44H35N. The van der Waals surface area contributed by atoms with Crippen molar-refractivity contribution in [1.29, 1.82) is 0 Å². The van der Waals surface area contributed by atoms with E-state index in [1.165, 1.54) is 78.3 Å². The predicted octanol–water partition coefficient (Wildman–Crippen LogP) is 11.9. The van der Waals surface area contributed by atoms with Crippen LogP contribution in [0.3, 0.4) is 0 Å². The Hall–Kier alpha value is -5.40. The van der Waals surface area contributed by atoms with E-state index < -0.39 is 0 Å². The standard InChI is InChI=1S/C44H35N/c1-30-14-9-12-23-42(30)45-43-25-24-36(35-20-13-19-34(27-35)32-15-5-3-6-16-32)28-40(43)38-21-10-11-22-39(38)41-29-37(26-31(2)44(41)45)33-17-7-4-8-18-33/h3-27,29,36H,28H2,1-2H3. The Morgan fingerprint density at radius 3 is 1.91 bits per heavy atom. The molecule has 1 nitrogen and oxygen atoms in total. The molecule has 0 radical (unpaired) electrons. The van der Waals surface area contributed by atoms with E-state index in [0.29, 0.717) is 0 Å². The van der Waals surface area contributed by atoms with Crippen molar-refractivity contribution in [3.63, 3.8) is 0 Å². The number of hydrogen-bond acceptors (Lipinski definition) is 1. The van der Waals surface area contributed by atoms with E-state index in [0.717, 1.165) is 6.42 Å². The number of fused-ring (bicyclic) bond motifs is 4. The van der Waals surface area contributed by atoms with Crippen LogP contribution in [0.1, 0.15) is 34.6 Å². The Morgan fingerprint density at radius 2 is 1.16 bits per heavy atom. The summed E-state index contributed by atoms with van der Waals surface area (Å²) in [6.07, 6.45) is 5.75. The van der Waals surface area contributed by atoms with Gasteiger partial charge < -0.3 is 4.90 Å². The summed E-state index contributed by atoms with van der Waals surface area (Å²) < 4.78 is 0. The number of allylic oxidation sites excluding steroid dienone is 3. The number of para-hydroxylation sites is 1. The van der Waals surface area contributed by atoms with Crippen LogP contribution in [0.5, 0.6) is 0 Å². The number of hydrogen-bond donors (Lipinski definition) is 0. The summed E-state index contributed by atoms with van der Waals surface area (Å²) in [5, 5.41) is 0. The van der Waals surface area contributed by atoms with Gasteiger partial charge in [0.2, 0.25) is 0 Å². The molecule has 0 saturated heterocycles. The molecule has 0 saturated carbocycles. The van der Waals surface area contributed by atoms with E-state index in [-0.39, 0.29) is 5.92 Å². The van der Waals surface area contributed by atoms with Gasteiger partial charge in [-0.3, -0.25) is 0 Å². The average Bonchev–Trinajstić information content (AvgIpc) is 3.22. The summed E-state index contributed by atoms with van der Waals surface area (Å²) in [5.41, 5.74) is 17.9. The van der Waals surface area contributed by atoms with Gasteiger partial charge >= 0.3 is 0 Å². The molecule has 8 rings (SSSR count). The second-order valence-electron chi connectivity index (χ2n) is 12.2. The molecule has 1 aliphatic carbocycles. The molecular weight excluding hydrogens is 542 g/mol. The number of nitrogens with zero attached hydrogens (tertiary/aromatic N) is 1. The first-order valence-corrected chi connectivity index (χ1v) is 15.9. The van der Waals surface area contributed by atoms with Crippen LogP contribution in [0.4, 0.5) is 11.4 Å². The van der Waals surface area contributed by atoms with Gasteiger partial charge in [0.1, 0.15) is 0 Å². The third-order valence-electron chi connectivity index (χ3n) is 9.41. The largest absolute Gasteiger partial charge is 0.309 e. The van der Waals surface area contributed by atoms with Gasteiger partial charge in [-0.2, -0.15) is 0 Å². The quantitative estimate of drug-likeness (QED) is 0.201. The summed E-state index contributed by atoms with van der Waals surface area (Å²) in [5.74, 6) is 0.279. The SMILES string of the molecule is Cc1ccccc1N1C2=C(CC(c3cccc(-c4ccccc4)c3)C=C2)c2ccccc2-c2cc(-c3ccccc3)cc(C)c21. The number of anilines is 2. The summed E-state index contributed by atoms with van der Waals surface area (Å²) in [6.45, 7) is 4.50. The van der Waals surface area contributed by atoms with Crippen LogP contribution >= 0.6 is 0 Å². The summed E-state index contributed by atoms with van der Waals surface area (Å²) in [4.78, 5) is 2.54. The van der Waals surface area contributed by atoms with Gasteiger partial charge in [-0.25, -0.2) is 0 Å². The van der Waals surface area contributed by atoms with Gasteiger partial charge in [0.05, 0.1) is 5.69 Å². The first kappa shape index (κ1) is 27.2. The lowest BCUT2D eigenvalue weighted by molar-refractivity contribution is 0.856. The number of rotatable bonds is 4. The van der Waals surface area contributed by atoms with Crippen molar-refractivity contribution in [3.05, 3.63) is 186 Å². The fourth-order valence-corrected chi connectivity index (χ4v) is 7.21. The van der Waals surface area contributed by atoms with Crippen LogP contribution in [0.15, 0.2) is 163 Å². The molecule has 0 N–H and O–H groups in total. The smallest absolute Gasteiger partial charge is 0.0570 e. The van der Waals surface area contributed by atoms with Gasteiger partial charge in [-0.15, -0.1) is 0 Å². The van der Waals surface area contributed by atoms with Crippen LogP contribution in [-0.4, -0.2) is 0 Å². The van der Waals surface area contributed by atoms with E-state index in [2.05, 4.69) is 176 Å². The normalized spacial score (nSPS) is 15.2. The highest BCUT2D eigenvalue weighted by atomic mass is 15.2. The highest BCUT2D eigenvalue weighted by molar-refractivity contribution is 6.00. The van der Waals surface area contributed by atoms with Crippen molar-refractivity contribution in [2.24, 2.45) is 0 Å². The fraction of sp³-hybridized carbons (Fsp3) is 0.0909. The summed E-state index contributed by atoms with van der Waals surface area (Å²) in [6, 6.07) is 53.2. The minimum atomic E-state index is 0.279. The van der Waals surface area contributed by atoms with E-state index in [1.807, 2.05) is 0 Å². The second kappa shape index (κ2) is 11.3. The highest BCUT2D eigenvalue weighted by Crippen LogP contribution is 2.52. The Balaban J connectivity index is 1.33. The van der Waals surface area contributed by atoms with Crippen LogP contribution in [0.25, 0.3) is 39.0 Å². The molecule has 0 spiro atoms. The molecule has 2 aliphatic rings. The Kier molecular flexibility index (Phi) is 6.80. The van der Waals surface area contributed by atoms with E-state index in [1.54, 1.807) is 0 Å². The maximum Gasteiger partial charge on any atom is 0.0570 e. The van der Waals surface area contributed by atoms with Gasteiger partial charge in [0.25, 0.3) is 0 Å². The maximum atomic E-state index is 2.54. The number of benzene rings is 6. The third-order valence-corrected chi connectivity index (χ3v) is 9.41. The molecule has 0 amide bonds. The van der Waals surface area contributed by atoms with Crippen LogP contribution in [-0.2, 0) is 0 Å². The number of aryl methyl sites for hydroxylation is 2. The van der Waals surface area contributed by atoms with Gasteiger partial charge in [0, 0.05) is 22.9 Å². The Bertz CT molecular complexity index is 2100. The van der Waals surface area contributed by atoms with Crippen molar-refractivity contribution in [2.45, 2.75) is 26.2 Å². The predicted molar refractivity (Wildman–Crippen MR) is 191 cm³/mol. The highest BCUT2D eigenvalue weighted by Gasteiger charge is 2.32. The molecule has 1 atom stereocenters. The van der Waals surface area contributed by atoms with Gasteiger partial charge in [-0.1, -0.05) is 133 Å². The second-order valence-corrected chi connectivity index (χ2v) is 12.2. The lowest BCUT2D eigenvalue weighted by Crippen LogP contribution is -2.20. The maximum absolute atomic E-state index is 2.54. The lowest BCUT2D eigenvalue weighted by Gasteiger charge is -2.33. The topological polar surface area (TPSA) is 3.24 Å². The van der Waals surface area contributed by atoms with Crippen LogP contribution in [0.2, 0.25) is 0 Å². The molecule has 0 bridgehead atoms. The zero-order valence-electron chi connectivity index (χ0n) is 25.7. The molecule has 0 fully saturated rings. The fourth-order valence-electron chi connectivity index (χ4n) is 7.21. The summed E-state index contributed by atoms with van der Waals surface area (Å²) >= 11 is 0. The zero-order chi connectivity index (χ0) is 30.3. The van der Waals surface area contributed by atoms with E-state index in [4.69, 9.17) is 0 Å². The van der Waals surface area contributed by atoms with E-state index in [9.17, 15) is 0 Å². The molecule has 1 heterocycles. The molecule has 216 valence electrons. The molecule has 1 unspecified atom stereocenters. The van der Waals surface area contributed by atoms with Crippen LogP contribution < -0.4 is 4.90 Å². The van der Waals surface area contributed by atoms with E-state index >= 15 is 0 Å². The molecule has 6 aromatic rings. The van der Waals surface area contributed by atoms with Gasteiger partial charge in [0.15, 0.2) is 0 Å². The molecule has 0 aromatic heterocycles. The monoisotopic (exact) mass is 577 g/mol. The Labute approximate surface area is 266 Å². The van der Waals surface area contributed by atoms with Crippen molar-refractivity contribution >= 4 is 16.9 Å². The van der Waals surface area contributed by atoms with Crippen molar-refractivity contribution in [3.8, 4) is 33.4 Å². The van der Waals surface area contributed by atoms with Crippen molar-refractivity contribution < 1.29 is 0 Å². The molecule has 1 aliphatic heterocycles. The van der Waals surface area contributed by atoms with Crippen molar-refractivity contribution in [1.82, 2.24) is 0 Å². The molecule has 1 heteroatoms.